The molecule has 0 fully saturated rings. The summed E-state index contributed by atoms with van der Waals surface area (Å²) >= 11 is 0. The monoisotopic (exact) mass is 288 g/mol. The van der Waals surface area contributed by atoms with Gasteiger partial charge in [-0.1, -0.05) is 36.4 Å². The van der Waals surface area contributed by atoms with Gasteiger partial charge in [-0.05, 0) is 55.0 Å². The molecule has 3 rings (SSSR count). The van der Waals surface area contributed by atoms with E-state index in [2.05, 4.69) is 10.2 Å². The summed E-state index contributed by atoms with van der Waals surface area (Å²) in [7, 11) is 0. The van der Waals surface area contributed by atoms with E-state index in [0.717, 1.165) is 28.4 Å². The fraction of sp³-hybridized carbons (Fsp3) is 0.0526. The molecule has 0 aromatic heterocycles. The zero-order valence-electron chi connectivity index (χ0n) is 12.3. The normalized spacial score (nSPS) is 10.8. The Morgan fingerprint density at radius 2 is 1.36 bits per heavy atom. The molecule has 0 amide bonds. The first kappa shape index (κ1) is 14.0. The highest BCUT2D eigenvalue weighted by atomic mass is 16.5. The van der Waals surface area contributed by atoms with Gasteiger partial charge >= 0.3 is 0 Å². The highest BCUT2D eigenvalue weighted by molar-refractivity contribution is 5.50. The molecule has 3 aromatic rings. The number of aryl methyl sites for hydroxylation is 1. The van der Waals surface area contributed by atoms with Gasteiger partial charge in [0.25, 0.3) is 0 Å². The lowest BCUT2D eigenvalue weighted by Crippen LogP contribution is -1.84. The van der Waals surface area contributed by atoms with Crippen LogP contribution in [0.3, 0.4) is 0 Å². The molecule has 108 valence electrons. The van der Waals surface area contributed by atoms with Crippen LogP contribution >= 0.6 is 0 Å². The van der Waals surface area contributed by atoms with Crippen molar-refractivity contribution in [3.05, 3.63) is 84.4 Å². The predicted octanol–water partition coefficient (Wildman–Crippen LogP) is 6.20. The molecule has 22 heavy (non-hydrogen) atoms. The van der Waals surface area contributed by atoms with E-state index in [1.807, 2.05) is 85.8 Å². The molecular weight excluding hydrogens is 272 g/mol. The standard InChI is InChI=1S/C19H16N2O/c1-15-14-18(22-17-10-6-3-7-11-17)12-13-19(15)21-20-16-8-4-2-5-9-16/h2-14H,1H3. The van der Waals surface area contributed by atoms with Gasteiger partial charge in [-0.3, -0.25) is 0 Å². The van der Waals surface area contributed by atoms with Gasteiger partial charge in [0.2, 0.25) is 0 Å². The lowest BCUT2D eigenvalue weighted by atomic mass is 10.2. The quantitative estimate of drug-likeness (QED) is 0.526. The van der Waals surface area contributed by atoms with E-state index >= 15 is 0 Å². The summed E-state index contributed by atoms with van der Waals surface area (Å²) in [5, 5.41) is 8.53. The molecule has 0 saturated heterocycles. The van der Waals surface area contributed by atoms with Crippen molar-refractivity contribution in [3.8, 4) is 11.5 Å². The topological polar surface area (TPSA) is 34.0 Å². The van der Waals surface area contributed by atoms with Crippen molar-refractivity contribution in [1.82, 2.24) is 0 Å². The third-order valence-electron chi connectivity index (χ3n) is 3.18. The Kier molecular flexibility index (Phi) is 4.25. The van der Waals surface area contributed by atoms with Crippen LogP contribution in [0.2, 0.25) is 0 Å². The molecule has 0 heterocycles. The predicted molar refractivity (Wildman–Crippen MR) is 88.3 cm³/mol. The maximum Gasteiger partial charge on any atom is 0.127 e. The summed E-state index contributed by atoms with van der Waals surface area (Å²) < 4.78 is 5.80. The molecule has 0 aliphatic heterocycles. The Morgan fingerprint density at radius 3 is 2.05 bits per heavy atom. The van der Waals surface area contributed by atoms with Gasteiger partial charge < -0.3 is 4.74 Å². The molecular formula is C19H16N2O. The molecule has 3 nitrogen and oxygen atoms in total. The van der Waals surface area contributed by atoms with Gasteiger partial charge in [-0.15, -0.1) is 0 Å². The smallest absolute Gasteiger partial charge is 0.127 e. The van der Waals surface area contributed by atoms with E-state index in [-0.39, 0.29) is 0 Å². The molecule has 3 heteroatoms. The zero-order valence-corrected chi connectivity index (χ0v) is 12.3. The molecule has 0 spiro atoms. The molecule has 0 saturated carbocycles. The van der Waals surface area contributed by atoms with E-state index in [0.29, 0.717) is 0 Å². The van der Waals surface area contributed by atoms with Crippen LogP contribution in [0.15, 0.2) is 89.1 Å². The number of ether oxygens (including phenoxy) is 1. The number of nitrogens with zero attached hydrogens (tertiary/aromatic N) is 2. The Bertz CT molecular complexity index is 768. The van der Waals surface area contributed by atoms with Crippen LogP contribution in [0.5, 0.6) is 11.5 Å². The van der Waals surface area contributed by atoms with Crippen LogP contribution in [-0.2, 0) is 0 Å². The molecule has 0 bridgehead atoms. The van der Waals surface area contributed by atoms with Gasteiger partial charge in [-0.25, -0.2) is 0 Å². The van der Waals surface area contributed by atoms with Gasteiger partial charge in [0, 0.05) is 0 Å². The number of rotatable bonds is 4. The number of benzene rings is 3. The van der Waals surface area contributed by atoms with Crippen molar-refractivity contribution in [2.45, 2.75) is 6.92 Å². The third-order valence-corrected chi connectivity index (χ3v) is 3.18. The van der Waals surface area contributed by atoms with Crippen LogP contribution in [0.1, 0.15) is 5.56 Å². The average molecular weight is 288 g/mol. The number of hydrogen-bond acceptors (Lipinski definition) is 3. The van der Waals surface area contributed by atoms with E-state index in [4.69, 9.17) is 4.74 Å². The zero-order chi connectivity index (χ0) is 15.2. The number of hydrogen-bond donors (Lipinski definition) is 0. The highest BCUT2D eigenvalue weighted by Gasteiger charge is 2.01. The van der Waals surface area contributed by atoms with Crippen LogP contribution in [0, 0.1) is 6.92 Å². The van der Waals surface area contributed by atoms with Crippen molar-refractivity contribution >= 4 is 11.4 Å². The van der Waals surface area contributed by atoms with Gasteiger partial charge in [0.15, 0.2) is 0 Å². The lowest BCUT2D eigenvalue weighted by Gasteiger charge is -2.07. The van der Waals surface area contributed by atoms with E-state index in [1.165, 1.54) is 0 Å². The van der Waals surface area contributed by atoms with E-state index in [9.17, 15) is 0 Å². The van der Waals surface area contributed by atoms with Gasteiger partial charge in [0.1, 0.15) is 11.5 Å². The molecule has 0 aliphatic rings. The fourth-order valence-corrected chi connectivity index (χ4v) is 2.03. The second-order valence-electron chi connectivity index (χ2n) is 4.90. The Labute approximate surface area is 129 Å². The minimum Gasteiger partial charge on any atom is -0.457 e. The maximum atomic E-state index is 5.80. The van der Waals surface area contributed by atoms with Crippen molar-refractivity contribution in [1.29, 1.82) is 0 Å². The molecule has 0 aliphatic carbocycles. The summed E-state index contributed by atoms with van der Waals surface area (Å²) in [6.07, 6.45) is 0. The molecule has 0 radical (unpaired) electrons. The van der Waals surface area contributed by atoms with Crippen LogP contribution < -0.4 is 4.74 Å². The Balaban J connectivity index is 1.76. The van der Waals surface area contributed by atoms with E-state index in [1.54, 1.807) is 0 Å². The fourth-order valence-electron chi connectivity index (χ4n) is 2.03. The first-order chi connectivity index (χ1) is 10.8. The van der Waals surface area contributed by atoms with Gasteiger partial charge in [0.05, 0.1) is 11.4 Å². The largest absolute Gasteiger partial charge is 0.457 e. The Hall–Kier alpha value is -2.94. The molecule has 0 N–H and O–H groups in total. The second-order valence-corrected chi connectivity index (χ2v) is 4.90. The highest BCUT2D eigenvalue weighted by Crippen LogP contribution is 2.28. The van der Waals surface area contributed by atoms with Crippen LogP contribution in [-0.4, -0.2) is 0 Å². The maximum absolute atomic E-state index is 5.80. The first-order valence-electron chi connectivity index (χ1n) is 7.11. The molecule has 3 aromatic carbocycles. The first-order valence-corrected chi connectivity index (χ1v) is 7.11. The second kappa shape index (κ2) is 6.68. The van der Waals surface area contributed by atoms with Crippen molar-refractivity contribution < 1.29 is 4.74 Å². The third kappa shape index (κ3) is 3.58. The van der Waals surface area contributed by atoms with E-state index < -0.39 is 0 Å². The van der Waals surface area contributed by atoms with Crippen molar-refractivity contribution in [3.63, 3.8) is 0 Å². The Morgan fingerprint density at radius 1 is 0.682 bits per heavy atom. The summed E-state index contributed by atoms with van der Waals surface area (Å²) in [4.78, 5) is 0. The van der Waals surface area contributed by atoms with Gasteiger partial charge in [-0.2, -0.15) is 10.2 Å². The van der Waals surface area contributed by atoms with Crippen LogP contribution in [0.25, 0.3) is 0 Å². The van der Waals surface area contributed by atoms with Crippen LogP contribution in [0.4, 0.5) is 11.4 Å². The van der Waals surface area contributed by atoms with Crippen molar-refractivity contribution in [2.24, 2.45) is 10.2 Å². The minimum atomic E-state index is 0.794. The summed E-state index contributed by atoms with van der Waals surface area (Å²) in [5.74, 6) is 1.61. The summed E-state index contributed by atoms with van der Waals surface area (Å²) in [5.41, 5.74) is 2.70. The summed E-state index contributed by atoms with van der Waals surface area (Å²) in [6, 6.07) is 25.2. The number of azo groups is 1. The van der Waals surface area contributed by atoms with Crippen molar-refractivity contribution in [2.75, 3.05) is 0 Å². The lowest BCUT2D eigenvalue weighted by molar-refractivity contribution is 0.482. The minimum absolute atomic E-state index is 0.794. The molecule has 0 atom stereocenters. The summed E-state index contributed by atoms with van der Waals surface area (Å²) in [6.45, 7) is 2.00. The average Bonchev–Trinajstić information content (AvgIpc) is 2.56. The molecule has 0 unspecified atom stereocenters. The number of para-hydroxylation sites is 1. The SMILES string of the molecule is Cc1cc(Oc2ccccc2)ccc1N=Nc1ccccc1.